The molecule has 1 aliphatic heterocycles. The van der Waals surface area contributed by atoms with Crippen molar-refractivity contribution in [1.29, 1.82) is 0 Å². The second-order valence-electron chi connectivity index (χ2n) is 6.30. The lowest BCUT2D eigenvalue weighted by molar-refractivity contribution is 0.151. The van der Waals surface area contributed by atoms with Crippen LogP contribution in [0.4, 0.5) is 19.0 Å². The van der Waals surface area contributed by atoms with Crippen LogP contribution in [0.25, 0.3) is 17.0 Å². The molecule has 136 valence electrons. The maximum Gasteiger partial charge on any atom is 0.265 e. The molecular weight excluding hydrogens is 343 g/mol. The molecule has 4 heterocycles. The summed E-state index contributed by atoms with van der Waals surface area (Å²) in [6, 6.07) is 7.96. The summed E-state index contributed by atoms with van der Waals surface area (Å²) in [5, 5.41) is 6.15. The van der Waals surface area contributed by atoms with E-state index in [1.54, 1.807) is 34.9 Å². The highest BCUT2D eigenvalue weighted by Gasteiger charge is 2.24. The third kappa shape index (κ3) is 3.24. The molecule has 0 saturated carbocycles. The SMILES string of the molecule is FC(F)c1ccc2ncc(-c3cccc(N[C@@H]4CCNC[C@H]4F)n3)n2c1. The van der Waals surface area contributed by atoms with Gasteiger partial charge in [-0.3, -0.25) is 4.40 Å². The van der Waals surface area contributed by atoms with Crippen molar-refractivity contribution >= 4 is 11.5 Å². The summed E-state index contributed by atoms with van der Waals surface area (Å²) in [5.74, 6) is 0.553. The Kier molecular flexibility index (Phi) is 4.50. The Bertz CT molecular complexity index is 911. The number of anilines is 1. The van der Waals surface area contributed by atoms with Crippen molar-refractivity contribution in [2.45, 2.75) is 25.1 Å². The van der Waals surface area contributed by atoms with E-state index in [9.17, 15) is 13.2 Å². The van der Waals surface area contributed by atoms with Gasteiger partial charge in [-0.15, -0.1) is 0 Å². The molecule has 0 unspecified atom stereocenters. The molecule has 1 aliphatic rings. The number of nitrogens with zero attached hydrogens (tertiary/aromatic N) is 3. The van der Waals surface area contributed by atoms with E-state index in [-0.39, 0.29) is 11.6 Å². The van der Waals surface area contributed by atoms with Gasteiger partial charge in [-0.2, -0.15) is 0 Å². The van der Waals surface area contributed by atoms with E-state index in [1.165, 1.54) is 12.3 Å². The fourth-order valence-electron chi connectivity index (χ4n) is 3.15. The van der Waals surface area contributed by atoms with Crippen molar-refractivity contribution < 1.29 is 13.2 Å². The van der Waals surface area contributed by atoms with E-state index in [0.717, 1.165) is 6.54 Å². The molecule has 5 nitrogen and oxygen atoms in total. The van der Waals surface area contributed by atoms with Crippen LogP contribution in [0.1, 0.15) is 18.4 Å². The van der Waals surface area contributed by atoms with Gasteiger partial charge in [-0.25, -0.2) is 23.1 Å². The van der Waals surface area contributed by atoms with E-state index < -0.39 is 12.6 Å². The fraction of sp³-hybridized carbons (Fsp3) is 0.333. The number of nitrogens with one attached hydrogen (secondary N) is 2. The van der Waals surface area contributed by atoms with Gasteiger partial charge in [0.1, 0.15) is 17.6 Å². The zero-order chi connectivity index (χ0) is 18.1. The van der Waals surface area contributed by atoms with E-state index in [1.807, 2.05) is 0 Å². The first-order chi connectivity index (χ1) is 12.6. The van der Waals surface area contributed by atoms with E-state index >= 15 is 0 Å². The normalized spacial score (nSPS) is 20.6. The monoisotopic (exact) mass is 361 g/mol. The van der Waals surface area contributed by atoms with Gasteiger partial charge < -0.3 is 10.6 Å². The van der Waals surface area contributed by atoms with Crippen molar-refractivity contribution in [3.63, 3.8) is 0 Å². The summed E-state index contributed by atoms with van der Waals surface area (Å²) in [6.45, 7) is 1.07. The number of piperidine rings is 1. The molecule has 0 radical (unpaired) electrons. The predicted octanol–water partition coefficient (Wildman–Crippen LogP) is 3.45. The maximum atomic E-state index is 14.0. The Labute approximate surface area is 148 Å². The largest absolute Gasteiger partial charge is 0.364 e. The standard InChI is InChI=1S/C18H18F3N5/c19-12-8-22-7-6-13(12)24-16-3-1-2-14(25-16)15-9-23-17-5-4-11(18(20)21)10-26(15)17/h1-5,9-10,12-13,18,22H,6-8H2,(H,24,25)/t12-,13-/m1/s1. The van der Waals surface area contributed by atoms with Gasteiger partial charge in [0.15, 0.2) is 0 Å². The van der Waals surface area contributed by atoms with Gasteiger partial charge in [0, 0.05) is 18.3 Å². The number of hydrogen-bond donors (Lipinski definition) is 2. The van der Waals surface area contributed by atoms with E-state index in [4.69, 9.17) is 0 Å². The van der Waals surface area contributed by atoms with Gasteiger partial charge in [-0.05, 0) is 37.2 Å². The highest BCUT2D eigenvalue weighted by Crippen LogP contribution is 2.25. The minimum atomic E-state index is -2.56. The zero-order valence-electron chi connectivity index (χ0n) is 13.9. The van der Waals surface area contributed by atoms with Crippen molar-refractivity contribution in [3.05, 3.63) is 48.3 Å². The number of hydrogen-bond acceptors (Lipinski definition) is 4. The third-order valence-electron chi connectivity index (χ3n) is 4.53. The maximum absolute atomic E-state index is 14.0. The molecule has 2 atom stereocenters. The molecule has 0 aliphatic carbocycles. The number of halogens is 3. The van der Waals surface area contributed by atoms with Crippen LogP contribution in [0, 0.1) is 0 Å². The summed E-state index contributed by atoms with van der Waals surface area (Å²) >= 11 is 0. The van der Waals surface area contributed by atoms with E-state index in [0.29, 0.717) is 35.8 Å². The second-order valence-corrected chi connectivity index (χ2v) is 6.30. The molecule has 0 spiro atoms. The summed E-state index contributed by atoms with van der Waals surface area (Å²) in [7, 11) is 0. The lowest BCUT2D eigenvalue weighted by Gasteiger charge is -2.27. The number of alkyl halides is 3. The van der Waals surface area contributed by atoms with Crippen molar-refractivity contribution in [3.8, 4) is 11.4 Å². The van der Waals surface area contributed by atoms with Gasteiger partial charge in [-0.1, -0.05) is 6.07 Å². The number of rotatable bonds is 4. The van der Waals surface area contributed by atoms with E-state index in [2.05, 4.69) is 20.6 Å². The summed E-state index contributed by atoms with van der Waals surface area (Å²) in [6.07, 6.45) is 0.0873. The zero-order valence-corrected chi connectivity index (χ0v) is 13.9. The Balaban J connectivity index is 1.66. The lowest BCUT2D eigenvalue weighted by atomic mass is 10.1. The molecule has 0 amide bonds. The molecular formula is C18H18F3N5. The van der Waals surface area contributed by atoms with Gasteiger partial charge >= 0.3 is 0 Å². The van der Waals surface area contributed by atoms with Crippen LogP contribution in [0.5, 0.6) is 0 Å². The number of aromatic nitrogens is 3. The molecule has 3 aromatic heterocycles. The Hall–Kier alpha value is -2.61. The van der Waals surface area contributed by atoms with Crippen LogP contribution in [-0.2, 0) is 0 Å². The molecule has 4 rings (SSSR count). The molecule has 8 heteroatoms. The molecule has 0 bridgehead atoms. The number of pyridine rings is 2. The quantitative estimate of drug-likeness (QED) is 0.747. The van der Waals surface area contributed by atoms with Crippen molar-refractivity contribution in [2.75, 3.05) is 18.4 Å². The average Bonchev–Trinajstić information content (AvgIpc) is 3.07. The first kappa shape index (κ1) is 16.8. The smallest absolute Gasteiger partial charge is 0.265 e. The second kappa shape index (κ2) is 6.95. The van der Waals surface area contributed by atoms with Gasteiger partial charge in [0.05, 0.1) is 23.6 Å². The first-order valence-electron chi connectivity index (χ1n) is 8.46. The first-order valence-corrected chi connectivity index (χ1v) is 8.46. The third-order valence-corrected chi connectivity index (χ3v) is 4.53. The Morgan fingerprint density at radius 2 is 2.12 bits per heavy atom. The van der Waals surface area contributed by atoms with Crippen LogP contribution in [0.15, 0.2) is 42.7 Å². The Morgan fingerprint density at radius 1 is 1.23 bits per heavy atom. The fourth-order valence-corrected chi connectivity index (χ4v) is 3.15. The minimum Gasteiger partial charge on any atom is -0.364 e. The van der Waals surface area contributed by atoms with Crippen LogP contribution in [0.2, 0.25) is 0 Å². The van der Waals surface area contributed by atoms with Crippen molar-refractivity contribution in [1.82, 2.24) is 19.7 Å². The minimum absolute atomic E-state index is 0.0824. The predicted molar refractivity (Wildman–Crippen MR) is 93.2 cm³/mol. The van der Waals surface area contributed by atoms with Crippen LogP contribution in [0.3, 0.4) is 0 Å². The lowest BCUT2D eigenvalue weighted by Crippen LogP contribution is -2.45. The van der Waals surface area contributed by atoms with Gasteiger partial charge in [0.25, 0.3) is 6.43 Å². The van der Waals surface area contributed by atoms with Crippen molar-refractivity contribution in [2.24, 2.45) is 0 Å². The number of fused-ring (bicyclic) bond motifs is 1. The van der Waals surface area contributed by atoms with Crippen LogP contribution >= 0.6 is 0 Å². The Morgan fingerprint density at radius 3 is 2.92 bits per heavy atom. The average molecular weight is 361 g/mol. The molecule has 1 fully saturated rings. The van der Waals surface area contributed by atoms with Gasteiger partial charge in [0.2, 0.25) is 0 Å². The summed E-state index contributed by atoms with van der Waals surface area (Å²) < 4.78 is 41.6. The molecule has 1 saturated heterocycles. The molecule has 26 heavy (non-hydrogen) atoms. The summed E-state index contributed by atoms with van der Waals surface area (Å²) in [5.41, 5.74) is 1.67. The highest BCUT2D eigenvalue weighted by atomic mass is 19.3. The number of imidazole rings is 1. The topological polar surface area (TPSA) is 54.2 Å². The highest BCUT2D eigenvalue weighted by molar-refractivity contribution is 5.62. The molecule has 0 aromatic carbocycles. The molecule has 3 aromatic rings. The van der Waals surface area contributed by atoms with Crippen LogP contribution < -0.4 is 10.6 Å². The molecule has 2 N–H and O–H groups in total. The van der Waals surface area contributed by atoms with Crippen LogP contribution in [-0.4, -0.2) is 39.7 Å². The summed E-state index contributed by atoms with van der Waals surface area (Å²) in [4.78, 5) is 8.76.